The van der Waals surface area contributed by atoms with Crippen LogP contribution >= 0.6 is 11.6 Å². The molecule has 0 bridgehead atoms. The molecule has 0 spiro atoms. The van der Waals surface area contributed by atoms with Crippen molar-refractivity contribution in [3.63, 3.8) is 0 Å². The van der Waals surface area contributed by atoms with Gasteiger partial charge >= 0.3 is 0 Å². The first-order valence-corrected chi connectivity index (χ1v) is 7.76. The van der Waals surface area contributed by atoms with Crippen LogP contribution in [0.25, 0.3) is 0 Å². The van der Waals surface area contributed by atoms with Crippen LogP contribution in [0, 0.1) is 0 Å². The summed E-state index contributed by atoms with van der Waals surface area (Å²) in [5.41, 5.74) is 7.87. The van der Waals surface area contributed by atoms with E-state index in [2.05, 4.69) is 39.0 Å². The number of nitrogens with two attached hydrogens (primary N) is 1. The fraction of sp³-hybridized carbons (Fsp3) is 0.294. The summed E-state index contributed by atoms with van der Waals surface area (Å²) in [4.78, 5) is 19.6. The van der Waals surface area contributed by atoms with E-state index in [1.807, 2.05) is 21.0 Å². The smallest absolute Gasteiger partial charge is 0.250 e. The maximum absolute atomic E-state index is 11.2. The zero-order valence-electron chi connectivity index (χ0n) is 13.6. The highest BCUT2D eigenvalue weighted by molar-refractivity contribution is 6.33. The molecule has 0 aliphatic carbocycles. The second kappa shape index (κ2) is 7.33. The Bertz CT molecular complexity index is 685. The molecule has 0 aliphatic heterocycles. The summed E-state index contributed by atoms with van der Waals surface area (Å²) in [6, 6.07) is 9.89. The highest BCUT2D eigenvalue weighted by Crippen LogP contribution is 2.25. The van der Waals surface area contributed by atoms with Gasteiger partial charge in [-0.1, -0.05) is 23.7 Å². The maximum Gasteiger partial charge on any atom is 0.250 e. The largest absolute Gasteiger partial charge is 0.378 e. The van der Waals surface area contributed by atoms with Gasteiger partial charge in [0, 0.05) is 39.1 Å². The maximum atomic E-state index is 11.2. The van der Waals surface area contributed by atoms with Crippen LogP contribution in [0.1, 0.15) is 22.8 Å². The minimum Gasteiger partial charge on any atom is -0.378 e. The van der Waals surface area contributed by atoms with Gasteiger partial charge in [-0.3, -0.25) is 4.79 Å². The van der Waals surface area contributed by atoms with E-state index in [0.717, 1.165) is 17.8 Å². The van der Waals surface area contributed by atoms with Crippen molar-refractivity contribution < 1.29 is 4.79 Å². The molecule has 1 aromatic carbocycles. The molecule has 0 atom stereocenters. The lowest BCUT2D eigenvalue weighted by molar-refractivity contribution is 0.1000. The minimum absolute atomic E-state index is 0.310. The number of benzene rings is 1. The average molecular weight is 333 g/mol. The van der Waals surface area contributed by atoms with Crippen molar-refractivity contribution >= 4 is 29.0 Å². The predicted octanol–water partition coefficient (Wildman–Crippen LogP) is 2.93. The van der Waals surface area contributed by atoms with Crippen molar-refractivity contribution in [2.75, 3.05) is 30.4 Å². The first-order chi connectivity index (χ1) is 10.9. The van der Waals surface area contributed by atoms with Gasteiger partial charge < -0.3 is 15.5 Å². The van der Waals surface area contributed by atoms with Gasteiger partial charge in [0.15, 0.2) is 0 Å². The van der Waals surface area contributed by atoms with Gasteiger partial charge in [0.2, 0.25) is 5.91 Å². The molecule has 2 N–H and O–H groups in total. The Kier molecular flexibility index (Phi) is 5.45. The predicted molar refractivity (Wildman–Crippen MR) is 95.3 cm³/mol. The molecule has 5 nitrogen and oxygen atoms in total. The molecule has 0 radical (unpaired) electrons. The number of anilines is 2. The average Bonchev–Trinajstić information content (AvgIpc) is 2.53. The summed E-state index contributed by atoms with van der Waals surface area (Å²) in [7, 11) is 4.02. The Hall–Kier alpha value is -2.27. The van der Waals surface area contributed by atoms with Gasteiger partial charge in [-0.25, -0.2) is 4.98 Å². The standard InChI is InChI=1S/C17H21ClN4O/c1-4-22(11-12-5-7-14(8-6-12)21(2)3)17-15(18)9-13(10-20-17)16(19)23/h5-10H,4,11H2,1-3H3,(H2,19,23). The number of primary amides is 1. The van der Waals surface area contributed by atoms with Crippen LogP contribution in [-0.4, -0.2) is 31.5 Å². The molecule has 1 amide bonds. The molecule has 23 heavy (non-hydrogen) atoms. The number of hydrogen-bond acceptors (Lipinski definition) is 4. The summed E-state index contributed by atoms with van der Waals surface area (Å²) in [5, 5.41) is 0.424. The van der Waals surface area contributed by atoms with Gasteiger partial charge in [0.1, 0.15) is 5.82 Å². The van der Waals surface area contributed by atoms with Crippen LogP contribution in [-0.2, 0) is 6.54 Å². The quantitative estimate of drug-likeness (QED) is 0.883. The zero-order chi connectivity index (χ0) is 17.0. The first-order valence-electron chi connectivity index (χ1n) is 7.39. The van der Waals surface area contributed by atoms with Crippen LogP contribution in [0.15, 0.2) is 36.5 Å². The molecular weight excluding hydrogens is 312 g/mol. The lowest BCUT2D eigenvalue weighted by Gasteiger charge is -2.23. The molecule has 122 valence electrons. The summed E-state index contributed by atoms with van der Waals surface area (Å²) in [5.74, 6) is 0.115. The lowest BCUT2D eigenvalue weighted by atomic mass is 10.2. The van der Waals surface area contributed by atoms with Crippen LogP contribution in [0.3, 0.4) is 0 Å². The molecule has 2 rings (SSSR count). The Morgan fingerprint density at radius 2 is 1.91 bits per heavy atom. The number of halogens is 1. The fourth-order valence-corrected chi connectivity index (χ4v) is 2.54. The summed E-state index contributed by atoms with van der Waals surface area (Å²) in [6.07, 6.45) is 1.46. The van der Waals surface area contributed by atoms with E-state index in [4.69, 9.17) is 17.3 Å². The molecule has 1 aromatic heterocycles. The van der Waals surface area contributed by atoms with Gasteiger partial charge in [-0.2, -0.15) is 0 Å². The van der Waals surface area contributed by atoms with E-state index in [0.29, 0.717) is 22.9 Å². The third-order valence-corrected chi connectivity index (χ3v) is 3.89. The molecule has 0 fully saturated rings. The van der Waals surface area contributed by atoms with Crippen molar-refractivity contribution in [1.82, 2.24) is 4.98 Å². The van der Waals surface area contributed by atoms with E-state index in [-0.39, 0.29) is 0 Å². The van der Waals surface area contributed by atoms with Gasteiger partial charge in [-0.15, -0.1) is 0 Å². The Labute approximate surface area is 141 Å². The van der Waals surface area contributed by atoms with Crippen molar-refractivity contribution in [1.29, 1.82) is 0 Å². The monoisotopic (exact) mass is 332 g/mol. The Balaban J connectivity index is 2.21. The number of rotatable bonds is 6. The zero-order valence-corrected chi connectivity index (χ0v) is 14.3. The first kappa shape index (κ1) is 17.1. The van der Waals surface area contributed by atoms with Crippen LogP contribution < -0.4 is 15.5 Å². The van der Waals surface area contributed by atoms with Crippen molar-refractivity contribution in [2.45, 2.75) is 13.5 Å². The molecule has 0 unspecified atom stereocenters. The topological polar surface area (TPSA) is 62.5 Å². The Morgan fingerprint density at radius 3 is 2.39 bits per heavy atom. The number of amides is 1. The fourth-order valence-electron chi connectivity index (χ4n) is 2.25. The van der Waals surface area contributed by atoms with E-state index in [1.54, 1.807) is 6.07 Å². The summed E-state index contributed by atoms with van der Waals surface area (Å²) in [6.45, 7) is 3.47. The van der Waals surface area contributed by atoms with E-state index in [9.17, 15) is 4.79 Å². The number of nitrogens with zero attached hydrogens (tertiary/aromatic N) is 3. The van der Waals surface area contributed by atoms with Crippen LogP contribution in [0.4, 0.5) is 11.5 Å². The third kappa shape index (κ3) is 4.13. The van der Waals surface area contributed by atoms with Crippen molar-refractivity contribution in [3.05, 3.63) is 52.7 Å². The van der Waals surface area contributed by atoms with Crippen molar-refractivity contribution in [2.24, 2.45) is 5.73 Å². The van der Waals surface area contributed by atoms with E-state index < -0.39 is 5.91 Å². The number of carbonyl (C=O) groups is 1. The summed E-state index contributed by atoms with van der Waals surface area (Å²) < 4.78 is 0. The van der Waals surface area contributed by atoms with Crippen LogP contribution in [0.2, 0.25) is 5.02 Å². The Morgan fingerprint density at radius 1 is 1.26 bits per heavy atom. The highest BCUT2D eigenvalue weighted by Gasteiger charge is 2.13. The molecule has 1 heterocycles. The number of hydrogen-bond donors (Lipinski definition) is 1. The second-order valence-corrected chi connectivity index (χ2v) is 5.88. The summed E-state index contributed by atoms with van der Waals surface area (Å²) >= 11 is 6.26. The van der Waals surface area contributed by atoms with E-state index in [1.165, 1.54) is 6.20 Å². The lowest BCUT2D eigenvalue weighted by Crippen LogP contribution is -2.24. The second-order valence-electron chi connectivity index (χ2n) is 5.47. The SMILES string of the molecule is CCN(Cc1ccc(N(C)C)cc1)c1ncc(C(N)=O)cc1Cl. The molecule has 0 saturated carbocycles. The number of aromatic nitrogens is 1. The van der Waals surface area contributed by atoms with Gasteiger partial charge in [-0.05, 0) is 30.7 Å². The molecule has 0 saturated heterocycles. The van der Waals surface area contributed by atoms with Gasteiger partial charge in [0.25, 0.3) is 0 Å². The normalized spacial score (nSPS) is 10.4. The van der Waals surface area contributed by atoms with Crippen molar-refractivity contribution in [3.8, 4) is 0 Å². The number of pyridine rings is 1. The van der Waals surface area contributed by atoms with Crippen LogP contribution in [0.5, 0.6) is 0 Å². The number of carbonyl (C=O) groups excluding carboxylic acids is 1. The van der Waals surface area contributed by atoms with E-state index >= 15 is 0 Å². The molecular formula is C17H21ClN4O. The van der Waals surface area contributed by atoms with Gasteiger partial charge in [0.05, 0.1) is 10.6 Å². The molecule has 0 aliphatic rings. The molecule has 2 aromatic rings. The third-order valence-electron chi connectivity index (χ3n) is 3.61. The minimum atomic E-state index is -0.534. The molecule has 6 heteroatoms. The highest BCUT2D eigenvalue weighted by atomic mass is 35.5.